The van der Waals surface area contributed by atoms with Gasteiger partial charge in [-0.3, -0.25) is 4.40 Å². The number of imidazole rings is 1. The van der Waals surface area contributed by atoms with Crippen molar-refractivity contribution in [3.05, 3.63) is 29.5 Å². The Morgan fingerprint density at radius 2 is 2.14 bits per heavy atom. The molecule has 5 heteroatoms. The summed E-state index contributed by atoms with van der Waals surface area (Å²) in [6.45, 7) is 3.82. The fourth-order valence-corrected chi connectivity index (χ4v) is 1.30. The minimum absolute atomic E-state index is 0.00639. The number of hydrogen-bond acceptors (Lipinski definition) is 3. The van der Waals surface area contributed by atoms with E-state index in [4.69, 9.17) is 5.11 Å². The van der Waals surface area contributed by atoms with E-state index in [-0.39, 0.29) is 5.69 Å². The molecule has 0 amide bonds. The van der Waals surface area contributed by atoms with E-state index in [1.165, 1.54) is 6.33 Å². The lowest BCUT2D eigenvalue weighted by Crippen LogP contribution is -2.01. The van der Waals surface area contributed by atoms with Crippen molar-refractivity contribution in [2.45, 2.75) is 13.8 Å². The summed E-state index contributed by atoms with van der Waals surface area (Å²) in [4.78, 5) is 18.6. The first-order chi connectivity index (χ1) is 6.61. The second-order valence-corrected chi connectivity index (χ2v) is 3.12. The van der Waals surface area contributed by atoms with Crippen molar-refractivity contribution in [1.82, 2.24) is 14.4 Å². The molecule has 14 heavy (non-hydrogen) atoms. The second kappa shape index (κ2) is 2.80. The van der Waals surface area contributed by atoms with Gasteiger partial charge < -0.3 is 5.11 Å². The van der Waals surface area contributed by atoms with Crippen molar-refractivity contribution in [2.75, 3.05) is 0 Å². The summed E-state index contributed by atoms with van der Waals surface area (Å²) in [6.07, 6.45) is 3.13. The quantitative estimate of drug-likeness (QED) is 0.731. The van der Waals surface area contributed by atoms with Crippen molar-refractivity contribution in [3.8, 4) is 0 Å². The van der Waals surface area contributed by atoms with Gasteiger partial charge in [0.05, 0.1) is 0 Å². The average molecular weight is 191 g/mol. The van der Waals surface area contributed by atoms with E-state index < -0.39 is 5.97 Å². The maximum atomic E-state index is 10.8. The van der Waals surface area contributed by atoms with Crippen LogP contribution in [0.4, 0.5) is 0 Å². The molecule has 0 aliphatic heterocycles. The summed E-state index contributed by atoms with van der Waals surface area (Å²) in [5.74, 6) is -1.05. The average Bonchev–Trinajstić information content (AvgIpc) is 2.55. The fourth-order valence-electron chi connectivity index (χ4n) is 1.30. The van der Waals surface area contributed by atoms with E-state index >= 15 is 0 Å². The molecule has 0 atom stereocenters. The van der Waals surface area contributed by atoms with Gasteiger partial charge in [-0.25, -0.2) is 14.8 Å². The van der Waals surface area contributed by atoms with Crippen LogP contribution in [0.2, 0.25) is 0 Å². The highest BCUT2D eigenvalue weighted by Crippen LogP contribution is 2.11. The molecule has 0 spiro atoms. The van der Waals surface area contributed by atoms with Gasteiger partial charge in [0, 0.05) is 11.9 Å². The van der Waals surface area contributed by atoms with E-state index in [1.807, 2.05) is 13.8 Å². The molecule has 1 N–H and O–H groups in total. The van der Waals surface area contributed by atoms with Crippen LogP contribution in [0.1, 0.15) is 21.7 Å². The van der Waals surface area contributed by atoms with Crippen LogP contribution >= 0.6 is 0 Å². The Labute approximate surface area is 80.0 Å². The number of fused-ring (bicyclic) bond motifs is 1. The topological polar surface area (TPSA) is 67.5 Å². The molecule has 0 fully saturated rings. The third-order valence-corrected chi connectivity index (χ3v) is 2.26. The van der Waals surface area contributed by atoms with Crippen molar-refractivity contribution in [1.29, 1.82) is 0 Å². The number of carboxylic acid groups (broad SMARTS) is 1. The van der Waals surface area contributed by atoms with E-state index in [0.717, 1.165) is 11.3 Å². The Hall–Kier alpha value is -1.91. The van der Waals surface area contributed by atoms with Crippen LogP contribution in [-0.4, -0.2) is 25.4 Å². The van der Waals surface area contributed by atoms with Crippen LogP contribution in [0.25, 0.3) is 5.65 Å². The molecule has 0 saturated carbocycles. The van der Waals surface area contributed by atoms with E-state index in [9.17, 15) is 4.79 Å². The number of nitrogens with zero attached hydrogens (tertiary/aromatic N) is 3. The SMILES string of the molecule is Cc1cnc2c(C(=O)O)ncn2c1C. The molecule has 5 nitrogen and oxygen atoms in total. The third-order valence-electron chi connectivity index (χ3n) is 2.26. The molecule has 2 heterocycles. The van der Waals surface area contributed by atoms with Crippen LogP contribution in [0, 0.1) is 13.8 Å². The van der Waals surface area contributed by atoms with E-state index in [0.29, 0.717) is 5.65 Å². The number of aryl methyl sites for hydroxylation is 2. The summed E-state index contributed by atoms with van der Waals surface area (Å²) in [6, 6.07) is 0. The van der Waals surface area contributed by atoms with Crippen LogP contribution in [0.5, 0.6) is 0 Å². The third kappa shape index (κ3) is 1.06. The van der Waals surface area contributed by atoms with Crippen molar-refractivity contribution < 1.29 is 9.90 Å². The van der Waals surface area contributed by atoms with Crippen molar-refractivity contribution >= 4 is 11.6 Å². The maximum absolute atomic E-state index is 10.8. The van der Waals surface area contributed by atoms with Crippen LogP contribution < -0.4 is 0 Å². The zero-order valence-electron chi connectivity index (χ0n) is 7.85. The Bertz CT molecular complexity index is 516. The number of carbonyl (C=O) groups is 1. The Kier molecular flexibility index (Phi) is 1.73. The predicted octanol–water partition coefficient (Wildman–Crippen LogP) is 1.04. The highest BCUT2D eigenvalue weighted by atomic mass is 16.4. The fraction of sp³-hybridized carbons (Fsp3) is 0.222. The first-order valence-corrected chi connectivity index (χ1v) is 4.14. The van der Waals surface area contributed by atoms with Crippen LogP contribution in [0.3, 0.4) is 0 Å². The van der Waals surface area contributed by atoms with Gasteiger partial charge in [0.15, 0.2) is 11.3 Å². The molecule has 2 rings (SSSR count). The largest absolute Gasteiger partial charge is 0.476 e. The van der Waals surface area contributed by atoms with Crippen molar-refractivity contribution in [3.63, 3.8) is 0 Å². The normalized spacial score (nSPS) is 10.7. The minimum Gasteiger partial charge on any atom is -0.476 e. The molecule has 0 saturated heterocycles. The van der Waals surface area contributed by atoms with E-state index in [2.05, 4.69) is 9.97 Å². The summed E-state index contributed by atoms with van der Waals surface area (Å²) < 4.78 is 1.68. The molecule has 0 radical (unpaired) electrons. The zero-order chi connectivity index (χ0) is 10.3. The second-order valence-electron chi connectivity index (χ2n) is 3.12. The molecule has 0 bridgehead atoms. The molecule has 0 aromatic carbocycles. The van der Waals surface area contributed by atoms with Gasteiger partial charge >= 0.3 is 5.97 Å². The lowest BCUT2D eigenvalue weighted by molar-refractivity contribution is 0.0693. The number of rotatable bonds is 1. The zero-order valence-corrected chi connectivity index (χ0v) is 7.85. The minimum atomic E-state index is -1.05. The Morgan fingerprint density at radius 1 is 1.43 bits per heavy atom. The van der Waals surface area contributed by atoms with Gasteiger partial charge in [-0.1, -0.05) is 0 Å². The molecule has 0 aliphatic carbocycles. The lowest BCUT2D eigenvalue weighted by Gasteiger charge is -2.02. The summed E-state index contributed by atoms with van der Waals surface area (Å²) in [5, 5.41) is 8.82. The number of hydrogen-bond donors (Lipinski definition) is 1. The first-order valence-electron chi connectivity index (χ1n) is 4.14. The van der Waals surface area contributed by atoms with Gasteiger partial charge in [-0.05, 0) is 19.4 Å². The molecule has 0 unspecified atom stereocenters. The molecular weight excluding hydrogens is 182 g/mol. The maximum Gasteiger partial charge on any atom is 0.358 e. The van der Waals surface area contributed by atoms with E-state index in [1.54, 1.807) is 10.6 Å². The van der Waals surface area contributed by atoms with Crippen LogP contribution in [0.15, 0.2) is 12.5 Å². The number of aromatic nitrogens is 3. The summed E-state index contributed by atoms with van der Waals surface area (Å²) >= 11 is 0. The molecule has 72 valence electrons. The van der Waals surface area contributed by atoms with Crippen molar-refractivity contribution in [2.24, 2.45) is 0 Å². The van der Waals surface area contributed by atoms with Gasteiger partial charge in [-0.2, -0.15) is 0 Å². The van der Waals surface area contributed by atoms with Crippen LogP contribution in [-0.2, 0) is 0 Å². The highest BCUT2D eigenvalue weighted by molar-refractivity contribution is 5.92. The molecule has 0 aliphatic rings. The van der Waals surface area contributed by atoms with Gasteiger partial charge in [-0.15, -0.1) is 0 Å². The Balaban J connectivity index is 2.83. The Morgan fingerprint density at radius 3 is 2.79 bits per heavy atom. The molecule has 2 aromatic rings. The molecule has 2 aromatic heterocycles. The highest BCUT2D eigenvalue weighted by Gasteiger charge is 2.14. The first kappa shape index (κ1) is 8.68. The van der Waals surface area contributed by atoms with Gasteiger partial charge in [0.2, 0.25) is 0 Å². The monoisotopic (exact) mass is 191 g/mol. The number of carboxylic acids is 1. The standard InChI is InChI=1S/C9H9N3O2/c1-5-3-10-8-7(9(13)14)11-4-12(8)6(5)2/h3-4H,1-2H3,(H,13,14). The predicted molar refractivity (Wildman–Crippen MR) is 49.4 cm³/mol. The lowest BCUT2D eigenvalue weighted by atomic mass is 10.3. The van der Waals surface area contributed by atoms with Gasteiger partial charge in [0.1, 0.15) is 6.33 Å². The summed E-state index contributed by atoms with van der Waals surface area (Å²) in [5.41, 5.74) is 2.34. The summed E-state index contributed by atoms with van der Waals surface area (Å²) in [7, 11) is 0. The smallest absolute Gasteiger partial charge is 0.358 e. The molecular formula is C9H9N3O2. The van der Waals surface area contributed by atoms with Gasteiger partial charge in [0.25, 0.3) is 0 Å². The number of aromatic carboxylic acids is 1.